The lowest BCUT2D eigenvalue weighted by molar-refractivity contribution is 0.720. The van der Waals surface area contributed by atoms with Crippen molar-refractivity contribution in [1.29, 1.82) is 0 Å². The molecule has 5 heteroatoms. The van der Waals surface area contributed by atoms with Gasteiger partial charge in [0.15, 0.2) is 0 Å². The summed E-state index contributed by atoms with van der Waals surface area (Å²) in [6.45, 7) is 0. The smallest absolute Gasteiger partial charge is 0.115 e. The summed E-state index contributed by atoms with van der Waals surface area (Å²) in [6.07, 6.45) is 4.92. The maximum absolute atomic E-state index is 6.25. The lowest BCUT2D eigenvalue weighted by Gasteiger charge is -2.13. The minimum atomic E-state index is -0.328. The maximum atomic E-state index is 6.25. The molecule has 0 spiro atoms. The van der Waals surface area contributed by atoms with Crippen LogP contribution in [0.3, 0.4) is 0 Å². The summed E-state index contributed by atoms with van der Waals surface area (Å²) in [5.74, 6) is 0. The largest absolute Gasteiger partial charge is 0.318 e. The number of nitrogens with zero attached hydrogens (tertiary/aromatic N) is 4. The molecule has 0 bridgehead atoms. The van der Waals surface area contributed by atoms with Crippen LogP contribution in [0.1, 0.15) is 17.4 Å². The van der Waals surface area contributed by atoms with Crippen molar-refractivity contribution in [3.63, 3.8) is 0 Å². The van der Waals surface area contributed by atoms with Gasteiger partial charge in [-0.15, -0.1) is 0 Å². The van der Waals surface area contributed by atoms with Crippen molar-refractivity contribution in [3.8, 4) is 5.69 Å². The summed E-state index contributed by atoms with van der Waals surface area (Å²) in [4.78, 5) is 8.09. The summed E-state index contributed by atoms with van der Waals surface area (Å²) in [5.41, 5.74) is 8.89. The molecule has 0 aliphatic carbocycles. The normalized spacial score (nSPS) is 12.3. The van der Waals surface area contributed by atoms with Gasteiger partial charge in [0, 0.05) is 12.4 Å². The molecule has 1 aromatic carbocycles. The van der Waals surface area contributed by atoms with Crippen molar-refractivity contribution in [2.45, 2.75) is 6.04 Å². The fraction of sp³-hybridized carbons (Fsp3) is 0.0714. The van der Waals surface area contributed by atoms with Crippen molar-refractivity contribution >= 4 is 0 Å². The van der Waals surface area contributed by atoms with Gasteiger partial charge in [0.2, 0.25) is 0 Å². The third kappa shape index (κ3) is 2.23. The van der Waals surface area contributed by atoms with E-state index in [1.54, 1.807) is 12.4 Å². The molecule has 3 aromatic rings. The molecule has 0 fully saturated rings. The van der Waals surface area contributed by atoms with E-state index in [4.69, 9.17) is 5.73 Å². The topological polar surface area (TPSA) is 69.6 Å². The van der Waals surface area contributed by atoms with E-state index in [-0.39, 0.29) is 6.04 Å². The van der Waals surface area contributed by atoms with Gasteiger partial charge in [0.1, 0.15) is 6.33 Å². The van der Waals surface area contributed by atoms with Gasteiger partial charge in [0.05, 0.1) is 23.1 Å². The van der Waals surface area contributed by atoms with E-state index in [1.165, 1.54) is 6.33 Å². The number of aromatic nitrogens is 4. The molecule has 2 aromatic heterocycles. The van der Waals surface area contributed by atoms with Crippen LogP contribution in [0.2, 0.25) is 0 Å². The standard InChI is InChI=1S/C14H13N5/c15-14(12-6-8-16-10-17-12)13-7-9-18-19(13)11-4-2-1-3-5-11/h1-10,14H,15H2. The molecule has 5 nitrogen and oxygen atoms in total. The second-order valence-electron chi connectivity index (χ2n) is 4.12. The summed E-state index contributed by atoms with van der Waals surface area (Å²) >= 11 is 0. The van der Waals surface area contributed by atoms with Crippen LogP contribution in [0.15, 0.2) is 61.2 Å². The maximum Gasteiger partial charge on any atom is 0.115 e. The lowest BCUT2D eigenvalue weighted by Crippen LogP contribution is -2.17. The van der Waals surface area contributed by atoms with Crippen molar-refractivity contribution in [2.75, 3.05) is 0 Å². The van der Waals surface area contributed by atoms with Gasteiger partial charge in [-0.2, -0.15) is 5.10 Å². The highest BCUT2D eigenvalue weighted by Crippen LogP contribution is 2.19. The molecular weight excluding hydrogens is 238 g/mol. The highest BCUT2D eigenvalue weighted by atomic mass is 15.3. The van der Waals surface area contributed by atoms with Gasteiger partial charge < -0.3 is 5.73 Å². The quantitative estimate of drug-likeness (QED) is 0.769. The van der Waals surface area contributed by atoms with E-state index in [9.17, 15) is 0 Å². The summed E-state index contributed by atoms with van der Waals surface area (Å²) in [5, 5.41) is 4.33. The third-order valence-electron chi connectivity index (χ3n) is 2.91. The first kappa shape index (κ1) is 11.6. The van der Waals surface area contributed by atoms with Crippen molar-refractivity contribution in [3.05, 3.63) is 72.6 Å². The number of nitrogens with two attached hydrogens (primary N) is 1. The van der Waals surface area contributed by atoms with Crippen molar-refractivity contribution in [2.24, 2.45) is 5.73 Å². The highest BCUT2D eigenvalue weighted by Gasteiger charge is 2.15. The average molecular weight is 251 g/mol. The molecule has 2 N–H and O–H groups in total. The average Bonchev–Trinajstić information content (AvgIpc) is 2.98. The molecule has 19 heavy (non-hydrogen) atoms. The summed E-state index contributed by atoms with van der Waals surface area (Å²) < 4.78 is 1.83. The number of rotatable bonds is 3. The molecule has 3 rings (SSSR count). The molecule has 0 aliphatic rings. The van der Waals surface area contributed by atoms with Gasteiger partial charge in [-0.3, -0.25) is 0 Å². The second-order valence-corrected chi connectivity index (χ2v) is 4.12. The highest BCUT2D eigenvalue weighted by molar-refractivity contribution is 5.34. The Bertz CT molecular complexity index is 648. The van der Waals surface area contributed by atoms with Crippen LogP contribution in [-0.4, -0.2) is 19.7 Å². The van der Waals surface area contributed by atoms with Crippen LogP contribution in [0.4, 0.5) is 0 Å². The molecule has 0 radical (unpaired) electrons. The Morgan fingerprint density at radius 2 is 1.84 bits per heavy atom. The SMILES string of the molecule is NC(c1ccncn1)c1ccnn1-c1ccccc1. The first-order valence-corrected chi connectivity index (χ1v) is 5.97. The zero-order valence-corrected chi connectivity index (χ0v) is 10.2. The van der Waals surface area contributed by atoms with Crippen LogP contribution in [0, 0.1) is 0 Å². The van der Waals surface area contributed by atoms with E-state index < -0.39 is 0 Å². The number of benzene rings is 1. The van der Waals surface area contributed by atoms with Crippen molar-refractivity contribution < 1.29 is 0 Å². The zero-order valence-electron chi connectivity index (χ0n) is 10.2. The number of hydrogen-bond acceptors (Lipinski definition) is 4. The molecule has 2 heterocycles. The van der Waals surface area contributed by atoms with Gasteiger partial charge in [-0.05, 0) is 24.3 Å². The van der Waals surface area contributed by atoms with Crippen LogP contribution < -0.4 is 5.73 Å². The van der Waals surface area contributed by atoms with Crippen molar-refractivity contribution in [1.82, 2.24) is 19.7 Å². The number of hydrogen-bond donors (Lipinski definition) is 1. The minimum absolute atomic E-state index is 0.328. The molecule has 0 saturated heterocycles. The van der Waals surface area contributed by atoms with Crippen LogP contribution in [0.25, 0.3) is 5.69 Å². The fourth-order valence-corrected chi connectivity index (χ4v) is 1.97. The first-order valence-electron chi connectivity index (χ1n) is 5.97. The Hall–Kier alpha value is -2.53. The second kappa shape index (κ2) is 4.99. The predicted molar refractivity (Wildman–Crippen MR) is 71.6 cm³/mol. The Morgan fingerprint density at radius 3 is 2.58 bits per heavy atom. The molecule has 1 unspecified atom stereocenters. The predicted octanol–water partition coefficient (Wildman–Crippen LogP) is 1.71. The molecule has 0 amide bonds. The molecule has 94 valence electrons. The van der Waals surface area contributed by atoms with Gasteiger partial charge >= 0.3 is 0 Å². The molecule has 0 aliphatic heterocycles. The van der Waals surface area contributed by atoms with Gasteiger partial charge in [-0.1, -0.05) is 18.2 Å². The molecule has 0 saturated carbocycles. The van der Waals surface area contributed by atoms with Gasteiger partial charge in [-0.25, -0.2) is 14.6 Å². The van der Waals surface area contributed by atoms with Crippen LogP contribution >= 0.6 is 0 Å². The Kier molecular flexibility index (Phi) is 3.04. The van der Waals surface area contributed by atoms with E-state index in [0.29, 0.717) is 0 Å². The Balaban J connectivity index is 2.01. The minimum Gasteiger partial charge on any atom is -0.318 e. The monoisotopic (exact) mass is 251 g/mol. The first-order chi connectivity index (χ1) is 9.36. The van der Waals surface area contributed by atoms with Gasteiger partial charge in [0.25, 0.3) is 0 Å². The Morgan fingerprint density at radius 1 is 1.00 bits per heavy atom. The summed E-state index contributed by atoms with van der Waals surface area (Å²) in [6, 6.07) is 13.3. The summed E-state index contributed by atoms with van der Waals surface area (Å²) in [7, 11) is 0. The van der Waals surface area contributed by atoms with Crippen LogP contribution in [0.5, 0.6) is 0 Å². The van der Waals surface area contributed by atoms with E-state index >= 15 is 0 Å². The molecule has 1 atom stereocenters. The third-order valence-corrected chi connectivity index (χ3v) is 2.91. The zero-order chi connectivity index (χ0) is 13.1. The lowest BCUT2D eigenvalue weighted by atomic mass is 10.1. The van der Waals surface area contributed by atoms with E-state index in [2.05, 4.69) is 15.1 Å². The van der Waals surface area contributed by atoms with E-state index in [1.807, 2.05) is 47.1 Å². The van der Waals surface area contributed by atoms with Crippen LogP contribution in [-0.2, 0) is 0 Å². The Labute approximate surface area is 110 Å². The fourth-order valence-electron chi connectivity index (χ4n) is 1.97. The number of para-hydroxylation sites is 1. The van der Waals surface area contributed by atoms with E-state index in [0.717, 1.165) is 17.1 Å². The molecular formula is C14H13N5.